The number of aromatic nitrogens is 4. The van der Waals surface area contributed by atoms with Gasteiger partial charge in [-0.25, -0.2) is 4.39 Å². The third-order valence-corrected chi connectivity index (χ3v) is 4.55. The first kappa shape index (κ1) is 17.2. The molecule has 0 N–H and O–H groups in total. The van der Waals surface area contributed by atoms with E-state index in [1.54, 1.807) is 23.8 Å². The first-order valence-corrected chi connectivity index (χ1v) is 8.88. The van der Waals surface area contributed by atoms with Crippen LogP contribution in [0.5, 0.6) is 17.2 Å². The highest BCUT2D eigenvalue weighted by atomic mass is 32.1. The summed E-state index contributed by atoms with van der Waals surface area (Å²) < 4.78 is 31.1. The zero-order valence-corrected chi connectivity index (χ0v) is 15.1. The normalized spacial score (nSPS) is 10.9. The zero-order valence-electron chi connectivity index (χ0n) is 14.3. The van der Waals surface area contributed by atoms with Crippen LogP contribution in [0.4, 0.5) is 4.39 Å². The van der Waals surface area contributed by atoms with Gasteiger partial charge >= 0.3 is 0 Å². The lowest BCUT2D eigenvalue weighted by atomic mass is 10.3. The minimum absolute atomic E-state index is 0.173. The summed E-state index contributed by atoms with van der Waals surface area (Å²) in [7, 11) is 1.61. The topological polar surface area (TPSA) is 70.8 Å². The fraction of sp³-hybridized carbons (Fsp3) is 0.167. The van der Waals surface area contributed by atoms with Crippen molar-refractivity contribution in [1.29, 1.82) is 0 Å². The summed E-state index contributed by atoms with van der Waals surface area (Å²) in [6.07, 6.45) is 0. The standard InChI is InChI=1S/C18H15FN4O3S/c1-24-14-3-2-4-15(9-14)26-11-17-22-23-16(20-21-18(23)27-17)10-25-13-7-5-12(19)6-8-13/h2-9H,10-11H2,1H3. The molecule has 0 saturated carbocycles. The van der Waals surface area contributed by atoms with Crippen LogP contribution in [0.25, 0.3) is 4.96 Å². The van der Waals surface area contributed by atoms with Crippen LogP contribution in [0.1, 0.15) is 10.8 Å². The molecule has 0 spiro atoms. The Balaban J connectivity index is 1.42. The van der Waals surface area contributed by atoms with Crippen LogP contribution in [0.3, 0.4) is 0 Å². The molecular weight excluding hydrogens is 371 g/mol. The molecule has 2 aromatic carbocycles. The Kier molecular flexibility index (Phi) is 4.84. The smallest absolute Gasteiger partial charge is 0.234 e. The molecule has 0 radical (unpaired) electrons. The molecule has 0 saturated heterocycles. The third-order valence-electron chi connectivity index (χ3n) is 3.68. The van der Waals surface area contributed by atoms with E-state index in [1.807, 2.05) is 24.3 Å². The lowest BCUT2D eigenvalue weighted by Gasteiger charge is -2.05. The van der Waals surface area contributed by atoms with Gasteiger partial charge in [-0.15, -0.1) is 10.2 Å². The molecule has 7 nitrogen and oxygen atoms in total. The SMILES string of the molecule is COc1cccc(OCc2nn3c(COc4ccc(F)cc4)nnc3s2)c1. The second-order valence-corrected chi connectivity index (χ2v) is 6.56. The van der Waals surface area contributed by atoms with Gasteiger partial charge in [0, 0.05) is 6.07 Å². The van der Waals surface area contributed by atoms with Gasteiger partial charge in [-0.1, -0.05) is 17.4 Å². The van der Waals surface area contributed by atoms with Crippen molar-refractivity contribution in [3.05, 3.63) is 65.2 Å². The van der Waals surface area contributed by atoms with Gasteiger partial charge in [-0.3, -0.25) is 0 Å². The molecular formula is C18H15FN4O3S. The number of nitrogens with zero attached hydrogens (tertiary/aromatic N) is 4. The summed E-state index contributed by atoms with van der Waals surface area (Å²) >= 11 is 1.39. The van der Waals surface area contributed by atoms with E-state index >= 15 is 0 Å². The quantitative estimate of drug-likeness (QED) is 0.484. The van der Waals surface area contributed by atoms with Crippen molar-refractivity contribution >= 4 is 16.3 Å². The molecule has 9 heteroatoms. The van der Waals surface area contributed by atoms with E-state index in [9.17, 15) is 4.39 Å². The van der Waals surface area contributed by atoms with E-state index < -0.39 is 0 Å². The van der Waals surface area contributed by atoms with Gasteiger partial charge in [-0.05, 0) is 36.4 Å². The van der Waals surface area contributed by atoms with E-state index in [2.05, 4.69) is 15.3 Å². The van der Waals surface area contributed by atoms with Gasteiger partial charge in [0.05, 0.1) is 7.11 Å². The number of hydrogen-bond acceptors (Lipinski definition) is 7. The molecule has 0 fully saturated rings. The molecule has 0 atom stereocenters. The minimum Gasteiger partial charge on any atom is -0.497 e. The Morgan fingerprint density at radius 3 is 2.56 bits per heavy atom. The van der Waals surface area contributed by atoms with Crippen molar-refractivity contribution in [2.75, 3.05) is 7.11 Å². The Morgan fingerprint density at radius 2 is 1.74 bits per heavy atom. The van der Waals surface area contributed by atoms with Gasteiger partial charge < -0.3 is 14.2 Å². The molecule has 4 rings (SSSR count). The highest BCUT2D eigenvalue weighted by Crippen LogP contribution is 2.22. The Morgan fingerprint density at radius 1 is 0.963 bits per heavy atom. The number of fused-ring (bicyclic) bond motifs is 1. The van der Waals surface area contributed by atoms with E-state index in [4.69, 9.17) is 14.2 Å². The van der Waals surface area contributed by atoms with Gasteiger partial charge in [0.2, 0.25) is 4.96 Å². The molecule has 0 bridgehead atoms. The fourth-order valence-corrected chi connectivity index (χ4v) is 3.13. The van der Waals surface area contributed by atoms with Crippen LogP contribution in [0.15, 0.2) is 48.5 Å². The largest absolute Gasteiger partial charge is 0.497 e. The number of rotatable bonds is 7. The summed E-state index contributed by atoms with van der Waals surface area (Å²) in [6.45, 7) is 0.478. The summed E-state index contributed by atoms with van der Waals surface area (Å²) in [5.41, 5.74) is 0. The number of ether oxygens (including phenoxy) is 3. The second-order valence-electron chi connectivity index (χ2n) is 5.52. The molecule has 0 amide bonds. The van der Waals surface area contributed by atoms with Crippen LogP contribution in [-0.4, -0.2) is 26.9 Å². The second kappa shape index (κ2) is 7.58. The van der Waals surface area contributed by atoms with Gasteiger partial charge in [0.1, 0.15) is 36.3 Å². The fourth-order valence-electron chi connectivity index (χ4n) is 2.36. The molecule has 0 aliphatic heterocycles. The van der Waals surface area contributed by atoms with E-state index in [0.29, 0.717) is 28.9 Å². The molecule has 0 unspecified atom stereocenters. The highest BCUT2D eigenvalue weighted by Gasteiger charge is 2.13. The number of methoxy groups -OCH3 is 1. The third kappa shape index (κ3) is 3.98. The number of halogens is 1. The average molecular weight is 386 g/mol. The summed E-state index contributed by atoms with van der Waals surface area (Å²) in [5, 5.41) is 13.4. The van der Waals surface area contributed by atoms with Crippen molar-refractivity contribution in [2.24, 2.45) is 0 Å². The van der Waals surface area contributed by atoms with Crippen LogP contribution in [0.2, 0.25) is 0 Å². The maximum atomic E-state index is 12.9. The number of hydrogen-bond donors (Lipinski definition) is 0. The molecule has 0 aliphatic carbocycles. The molecule has 2 aromatic heterocycles. The predicted octanol–water partition coefficient (Wildman–Crippen LogP) is 3.49. The highest BCUT2D eigenvalue weighted by molar-refractivity contribution is 7.16. The van der Waals surface area contributed by atoms with Crippen molar-refractivity contribution in [2.45, 2.75) is 13.2 Å². The van der Waals surface area contributed by atoms with E-state index in [1.165, 1.54) is 23.5 Å². The maximum Gasteiger partial charge on any atom is 0.234 e. The lowest BCUT2D eigenvalue weighted by molar-refractivity contribution is 0.289. The predicted molar refractivity (Wildman–Crippen MR) is 96.7 cm³/mol. The van der Waals surface area contributed by atoms with Crippen LogP contribution < -0.4 is 14.2 Å². The lowest BCUT2D eigenvalue weighted by Crippen LogP contribution is -2.03. The van der Waals surface area contributed by atoms with Gasteiger partial charge in [-0.2, -0.15) is 9.61 Å². The Bertz CT molecular complexity index is 1050. The summed E-state index contributed by atoms with van der Waals surface area (Å²) in [4.78, 5) is 0.650. The summed E-state index contributed by atoms with van der Waals surface area (Å²) in [5.74, 6) is 2.21. The van der Waals surface area contributed by atoms with E-state index in [0.717, 1.165) is 10.8 Å². The van der Waals surface area contributed by atoms with Crippen molar-refractivity contribution in [3.63, 3.8) is 0 Å². The number of benzene rings is 2. The summed E-state index contributed by atoms with van der Waals surface area (Å²) in [6, 6.07) is 13.2. The van der Waals surface area contributed by atoms with Crippen LogP contribution in [-0.2, 0) is 13.2 Å². The first-order chi connectivity index (χ1) is 13.2. The average Bonchev–Trinajstić information content (AvgIpc) is 3.27. The zero-order chi connectivity index (χ0) is 18.6. The van der Waals surface area contributed by atoms with E-state index in [-0.39, 0.29) is 12.4 Å². The van der Waals surface area contributed by atoms with Gasteiger partial charge in [0.15, 0.2) is 10.8 Å². The molecule has 4 aromatic rings. The minimum atomic E-state index is -0.313. The first-order valence-electron chi connectivity index (χ1n) is 8.06. The van der Waals surface area contributed by atoms with Crippen LogP contribution in [0, 0.1) is 5.82 Å². The molecule has 2 heterocycles. The molecule has 0 aliphatic rings. The Hall–Kier alpha value is -3.20. The van der Waals surface area contributed by atoms with Gasteiger partial charge in [0.25, 0.3) is 0 Å². The van der Waals surface area contributed by atoms with Crippen LogP contribution >= 0.6 is 11.3 Å². The molecule has 27 heavy (non-hydrogen) atoms. The van der Waals surface area contributed by atoms with Crippen molar-refractivity contribution in [1.82, 2.24) is 19.8 Å². The molecule has 138 valence electrons. The monoisotopic (exact) mass is 386 g/mol. The van der Waals surface area contributed by atoms with Crippen molar-refractivity contribution in [3.8, 4) is 17.2 Å². The van der Waals surface area contributed by atoms with Crippen molar-refractivity contribution < 1.29 is 18.6 Å². The Labute approximate surface area is 158 Å². The maximum absolute atomic E-state index is 12.9.